The molecule has 0 heterocycles. The molecule has 0 saturated carbocycles. The van der Waals surface area contributed by atoms with Crippen LogP contribution in [0.4, 0.5) is 4.39 Å². The van der Waals surface area contributed by atoms with Crippen LogP contribution in [0.1, 0.15) is 16.7 Å². The highest BCUT2D eigenvalue weighted by molar-refractivity contribution is 6.31. The highest BCUT2D eigenvalue weighted by Gasteiger charge is 2.09. The Labute approximate surface area is 186 Å². The number of nitrogens with one attached hydrogen (secondary N) is 1. The molecule has 0 unspecified atom stereocenters. The van der Waals surface area contributed by atoms with Crippen LogP contribution in [0.2, 0.25) is 10.0 Å². The van der Waals surface area contributed by atoms with Crippen molar-refractivity contribution >= 4 is 35.6 Å². The summed E-state index contributed by atoms with van der Waals surface area (Å²) in [7, 11) is 1.59. The van der Waals surface area contributed by atoms with Crippen molar-refractivity contribution in [3.05, 3.63) is 93.2 Å². The zero-order valence-corrected chi connectivity index (χ0v) is 18.1. The maximum atomic E-state index is 13.1. The summed E-state index contributed by atoms with van der Waals surface area (Å²) in [5.74, 6) is 0.841. The molecular formula is C22H21Cl3FNO2. The summed E-state index contributed by atoms with van der Waals surface area (Å²) in [5.41, 5.74) is 2.80. The van der Waals surface area contributed by atoms with E-state index >= 15 is 0 Å². The SMILES string of the molecule is COc1cc(CNCc2ccccc2Cl)ccc1OCc1ccc(F)cc1Cl.Cl. The van der Waals surface area contributed by atoms with Gasteiger partial charge in [-0.15, -0.1) is 12.4 Å². The Morgan fingerprint density at radius 3 is 2.38 bits per heavy atom. The van der Waals surface area contributed by atoms with Gasteiger partial charge in [0.25, 0.3) is 0 Å². The molecule has 1 N–H and O–H groups in total. The molecule has 3 aromatic rings. The second-order valence-corrected chi connectivity index (χ2v) is 7.02. The van der Waals surface area contributed by atoms with Gasteiger partial charge in [0, 0.05) is 23.7 Å². The van der Waals surface area contributed by atoms with E-state index in [0.29, 0.717) is 35.2 Å². The topological polar surface area (TPSA) is 30.5 Å². The fourth-order valence-corrected chi connectivity index (χ4v) is 3.14. The molecule has 0 atom stereocenters. The van der Waals surface area contributed by atoms with E-state index in [1.165, 1.54) is 12.1 Å². The number of hydrogen-bond acceptors (Lipinski definition) is 3. The first-order chi connectivity index (χ1) is 13.6. The number of methoxy groups -OCH3 is 1. The third-order valence-electron chi connectivity index (χ3n) is 4.23. The minimum Gasteiger partial charge on any atom is -0.493 e. The summed E-state index contributed by atoms with van der Waals surface area (Å²) < 4.78 is 24.4. The van der Waals surface area contributed by atoms with E-state index in [1.54, 1.807) is 13.2 Å². The van der Waals surface area contributed by atoms with Crippen LogP contribution in [0.25, 0.3) is 0 Å². The van der Waals surface area contributed by atoms with Gasteiger partial charge in [-0.1, -0.05) is 53.5 Å². The average molecular weight is 457 g/mol. The highest BCUT2D eigenvalue weighted by Crippen LogP contribution is 2.30. The van der Waals surface area contributed by atoms with Gasteiger partial charge in [-0.3, -0.25) is 0 Å². The molecule has 0 aliphatic heterocycles. The largest absolute Gasteiger partial charge is 0.493 e. The smallest absolute Gasteiger partial charge is 0.161 e. The van der Waals surface area contributed by atoms with Gasteiger partial charge in [0.05, 0.1) is 12.1 Å². The predicted molar refractivity (Wildman–Crippen MR) is 118 cm³/mol. The highest BCUT2D eigenvalue weighted by atomic mass is 35.5. The van der Waals surface area contributed by atoms with Crippen molar-refractivity contribution in [1.82, 2.24) is 5.32 Å². The van der Waals surface area contributed by atoms with E-state index in [0.717, 1.165) is 16.1 Å². The molecule has 0 saturated heterocycles. The monoisotopic (exact) mass is 455 g/mol. The van der Waals surface area contributed by atoms with Crippen LogP contribution in [0.3, 0.4) is 0 Å². The van der Waals surface area contributed by atoms with Gasteiger partial charge in [-0.05, 0) is 41.5 Å². The zero-order valence-electron chi connectivity index (χ0n) is 15.8. The molecule has 0 amide bonds. The molecule has 0 aliphatic carbocycles. The Balaban J connectivity index is 0.00000300. The molecule has 0 aromatic heterocycles. The maximum Gasteiger partial charge on any atom is 0.161 e. The third-order valence-corrected chi connectivity index (χ3v) is 4.95. The lowest BCUT2D eigenvalue weighted by molar-refractivity contribution is 0.284. The van der Waals surface area contributed by atoms with Crippen molar-refractivity contribution in [3.8, 4) is 11.5 Å². The van der Waals surface area contributed by atoms with Gasteiger partial charge in [0.15, 0.2) is 11.5 Å². The third kappa shape index (κ3) is 6.51. The summed E-state index contributed by atoms with van der Waals surface area (Å²) >= 11 is 12.2. The molecule has 0 bridgehead atoms. The Morgan fingerprint density at radius 1 is 0.862 bits per heavy atom. The zero-order chi connectivity index (χ0) is 19.9. The van der Waals surface area contributed by atoms with Gasteiger partial charge in [-0.25, -0.2) is 4.39 Å². The van der Waals surface area contributed by atoms with Crippen molar-refractivity contribution in [1.29, 1.82) is 0 Å². The lowest BCUT2D eigenvalue weighted by Gasteiger charge is -2.13. The molecule has 154 valence electrons. The Morgan fingerprint density at radius 2 is 1.66 bits per heavy atom. The number of halogens is 4. The lowest BCUT2D eigenvalue weighted by atomic mass is 10.1. The molecule has 3 nitrogen and oxygen atoms in total. The normalized spacial score (nSPS) is 10.3. The second kappa shape index (κ2) is 11.3. The summed E-state index contributed by atoms with van der Waals surface area (Å²) in [6, 6.07) is 17.7. The first-order valence-electron chi connectivity index (χ1n) is 8.74. The van der Waals surface area contributed by atoms with Crippen molar-refractivity contribution in [2.24, 2.45) is 0 Å². The van der Waals surface area contributed by atoms with Crippen LogP contribution < -0.4 is 14.8 Å². The fraction of sp³-hybridized carbons (Fsp3) is 0.182. The van der Waals surface area contributed by atoms with Crippen molar-refractivity contribution in [2.75, 3.05) is 7.11 Å². The molecule has 29 heavy (non-hydrogen) atoms. The minimum absolute atomic E-state index is 0. The van der Waals surface area contributed by atoms with E-state index in [4.69, 9.17) is 32.7 Å². The van der Waals surface area contributed by atoms with Gasteiger partial charge >= 0.3 is 0 Å². The van der Waals surface area contributed by atoms with Gasteiger partial charge in [0.2, 0.25) is 0 Å². The Kier molecular flexibility index (Phi) is 9.05. The molecule has 0 aliphatic rings. The predicted octanol–water partition coefficient (Wildman–Crippen LogP) is 6.43. The van der Waals surface area contributed by atoms with Crippen molar-refractivity contribution in [2.45, 2.75) is 19.7 Å². The van der Waals surface area contributed by atoms with E-state index < -0.39 is 0 Å². The van der Waals surface area contributed by atoms with E-state index in [2.05, 4.69) is 5.32 Å². The Bertz CT molecular complexity index is 953. The quantitative estimate of drug-likeness (QED) is 0.423. The standard InChI is InChI=1S/C22H20Cl2FNO2.ClH/c1-27-22-10-15(12-26-13-16-4-2-3-5-19(16)23)6-9-21(22)28-14-17-7-8-18(25)11-20(17)24;/h2-11,26H,12-14H2,1H3;1H. The van der Waals surface area contributed by atoms with E-state index in [-0.39, 0.29) is 24.8 Å². The van der Waals surface area contributed by atoms with E-state index in [9.17, 15) is 4.39 Å². The van der Waals surface area contributed by atoms with Crippen molar-refractivity contribution in [3.63, 3.8) is 0 Å². The number of benzene rings is 3. The second-order valence-electron chi connectivity index (χ2n) is 6.20. The van der Waals surface area contributed by atoms with Crippen LogP contribution in [0, 0.1) is 5.82 Å². The minimum atomic E-state index is -0.375. The molecular weight excluding hydrogens is 436 g/mol. The average Bonchev–Trinajstić information content (AvgIpc) is 2.69. The number of rotatable bonds is 8. The molecule has 0 spiro atoms. The van der Waals surface area contributed by atoms with Crippen LogP contribution in [-0.4, -0.2) is 7.11 Å². The first kappa shape index (κ1) is 23.3. The number of hydrogen-bond donors (Lipinski definition) is 1. The van der Waals surface area contributed by atoms with Crippen LogP contribution in [0.15, 0.2) is 60.7 Å². The van der Waals surface area contributed by atoms with Crippen molar-refractivity contribution < 1.29 is 13.9 Å². The van der Waals surface area contributed by atoms with E-state index in [1.807, 2.05) is 42.5 Å². The fourth-order valence-electron chi connectivity index (χ4n) is 2.72. The first-order valence-corrected chi connectivity index (χ1v) is 9.50. The summed E-state index contributed by atoms with van der Waals surface area (Å²) in [6.07, 6.45) is 0. The Hall–Kier alpha value is -1.98. The lowest BCUT2D eigenvalue weighted by Crippen LogP contribution is -2.13. The molecule has 3 aromatic carbocycles. The van der Waals surface area contributed by atoms with Crippen LogP contribution in [-0.2, 0) is 19.7 Å². The molecule has 0 radical (unpaired) electrons. The molecule has 7 heteroatoms. The summed E-state index contributed by atoms with van der Waals surface area (Å²) in [4.78, 5) is 0. The number of ether oxygens (including phenoxy) is 2. The van der Waals surface area contributed by atoms with Crippen LogP contribution in [0.5, 0.6) is 11.5 Å². The van der Waals surface area contributed by atoms with Gasteiger partial charge in [-0.2, -0.15) is 0 Å². The summed E-state index contributed by atoms with van der Waals surface area (Å²) in [5, 5.41) is 4.45. The van der Waals surface area contributed by atoms with Gasteiger partial charge in [0.1, 0.15) is 12.4 Å². The summed E-state index contributed by atoms with van der Waals surface area (Å²) in [6.45, 7) is 1.55. The molecule has 0 fully saturated rings. The van der Waals surface area contributed by atoms with Gasteiger partial charge < -0.3 is 14.8 Å². The maximum absolute atomic E-state index is 13.1. The molecule has 3 rings (SSSR count). The van der Waals surface area contributed by atoms with Crippen LogP contribution >= 0.6 is 35.6 Å².